The van der Waals surface area contributed by atoms with E-state index in [2.05, 4.69) is 13.8 Å². The van der Waals surface area contributed by atoms with E-state index in [0.717, 1.165) is 57.9 Å². The zero-order valence-corrected chi connectivity index (χ0v) is 19.5. The van der Waals surface area contributed by atoms with Crippen molar-refractivity contribution in [2.24, 2.45) is 0 Å². The monoisotopic (exact) mass is 442 g/mol. The molecule has 0 N–H and O–H groups in total. The highest BCUT2D eigenvalue weighted by Crippen LogP contribution is 2.29. The maximum atomic E-state index is 13.2. The van der Waals surface area contributed by atoms with Gasteiger partial charge in [-0.3, -0.25) is 4.79 Å². The zero-order valence-electron chi connectivity index (χ0n) is 17.9. The number of aryl methyl sites for hydroxylation is 2. The van der Waals surface area contributed by atoms with Crippen LogP contribution in [0.3, 0.4) is 0 Å². The Labute approximate surface area is 186 Å². The molecule has 1 atom stereocenters. The van der Waals surface area contributed by atoms with Crippen LogP contribution >= 0.6 is 22.9 Å². The number of likely N-dealkylation sites (tertiary alicyclic amines) is 1. The summed E-state index contributed by atoms with van der Waals surface area (Å²) in [4.78, 5) is 20.6. The lowest BCUT2D eigenvalue weighted by molar-refractivity contribution is 0.0639. The Balaban J connectivity index is 1.63. The van der Waals surface area contributed by atoms with Crippen molar-refractivity contribution in [3.63, 3.8) is 0 Å². The largest absolute Gasteiger partial charge is 0.335 e. The van der Waals surface area contributed by atoms with Gasteiger partial charge < -0.3 is 4.90 Å². The molecule has 0 spiro atoms. The van der Waals surface area contributed by atoms with Crippen LogP contribution in [0.5, 0.6) is 0 Å². The molecule has 1 saturated heterocycles. The number of piperidine rings is 1. The van der Waals surface area contributed by atoms with E-state index in [1.54, 1.807) is 0 Å². The van der Waals surface area contributed by atoms with Gasteiger partial charge >= 0.3 is 0 Å². The van der Waals surface area contributed by atoms with Crippen molar-refractivity contribution in [3.8, 4) is 5.13 Å². The fraction of sp³-hybridized carbons (Fsp3) is 0.435. The van der Waals surface area contributed by atoms with Crippen molar-refractivity contribution in [3.05, 3.63) is 62.4 Å². The molecule has 3 aromatic rings. The summed E-state index contributed by atoms with van der Waals surface area (Å²) in [5.74, 6) is 0.103. The van der Waals surface area contributed by atoms with Crippen molar-refractivity contribution < 1.29 is 4.79 Å². The van der Waals surface area contributed by atoms with Crippen LogP contribution in [-0.4, -0.2) is 38.2 Å². The first-order valence-electron chi connectivity index (χ1n) is 10.4. The normalized spacial score (nSPS) is 16.8. The highest BCUT2D eigenvalue weighted by Gasteiger charge is 2.28. The summed E-state index contributed by atoms with van der Waals surface area (Å²) in [6, 6.07) is 8.20. The molecule has 1 fully saturated rings. The molecule has 0 radical (unpaired) electrons. The Morgan fingerprint density at radius 2 is 1.90 bits per heavy atom. The van der Waals surface area contributed by atoms with E-state index in [0.29, 0.717) is 0 Å². The fourth-order valence-electron chi connectivity index (χ4n) is 4.12. The molecule has 0 saturated carbocycles. The summed E-state index contributed by atoms with van der Waals surface area (Å²) >= 11 is 7.46. The molecule has 7 heteroatoms. The van der Waals surface area contributed by atoms with Gasteiger partial charge in [-0.15, -0.1) is 0 Å². The van der Waals surface area contributed by atoms with E-state index in [1.165, 1.54) is 28.9 Å². The third-order valence-electron chi connectivity index (χ3n) is 5.96. The Morgan fingerprint density at radius 1 is 1.17 bits per heavy atom. The smallest absolute Gasteiger partial charge is 0.266 e. The molecule has 1 amide bonds. The number of aromatic nitrogens is 3. The lowest BCUT2D eigenvalue weighted by Gasteiger charge is -2.33. The lowest BCUT2D eigenvalue weighted by Crippen LogP contribution is -2.41. The fourth-order valence-corrected chi connectivity index (χ4v) is 5.28. The van der Waals surface area contributed by atoms with Crippen LogP contribution in [0.4, 0.5) is 0 Å². The van der Waals surface area contributed by atoms with E-state index in [1.807, 2.05) is 47.7 Å². The van der Waals surface area contributed by atoms with Gasteiger partial charge in [0.1, 0.15) is 4.88 Å². The Morgan fingerprint density at radius 3 is 2.60 bits per heavy atom. The first kappa shape index (κ1) is 21.1. The van der Waals surface area contributed by atoms with Crippen molar-refractivity contribution in [1.82, 2.24) is 19.7 Å². The van der Waals surface area contributed by atoms with Crippen molar-refractivity contribution in [2.75, 3.05) is 6.54 Å². The molecule has 0 bridgehead atoms. The topological polar surface area (TPSA) is 51.0 Å². The van der Waals surface area contributed by atoms with Gasteiger partial charge in [0.2, 0.25) is 5.13 Å². The van der Waals surface area contributed by atoms with E-state index >= 15 is 0 Å². The number of nitrogens with zero attached hydrogens (tertiary/aromatic N) is 4. The van der Waals surface area contributed by atoms with E-state index < -0.39 is 0 Å². The summed E-state index contributed by atoms with van der Waals surface area (Å²) in [5, 5.41) is 6.24. The number of rotatable bonds is 4. The minimum Gasteiger partial charge on any atom is -0.335 e. The van der Waals surface area contributed by atoms with Crippen LogP contribution in [0.15, 0.2) is 24.3 Å². The number of halogens is 1. The highest BCUT2D eigenvalue weighted by molar-refractivity contribution is 7.16. The predicted molar refractivity (Wildman–Crippen MR) is 122 cm³/mol. The van der Waals surface area contributed by atoms with Gasteiger partial charge in [0.15, 0.2) is 0 Å². The van der Waals surface area contributed by atoms with Crippen LogP contribution in [0.25, 0.3) is 5.13 Å². The molecule has 3 heterocycles. The second kappa shape index (κ2) is 8.52. The van der Waals surface area contributed by atoms with Crippen LogP contribution in [0, 0.1) is 20.8 Å². The quantitative estimate of drug-likeness (QED) is 0.535. The van der Waals surface area contributed by atoms with Crippen LogP contribution in [0.2, 0.25) is 5.02 Å². The second-order valence-electron chi connectivity index (χ2n) is 8.12. The average Bonchev–Trinajstić information content (AvgIpc) is 3.24. The van der Waals surface area contributed by atoms with Gasteiger partial charge in [-0.2, -0.15) is 5.10 Å². The second-order valence-corrected chi connectivity index (χ2v) is 9.53. The van der Waals surface area contributed by atoms with Crippen LogP contribution in [-0.2, 0) is 6.42 Å². The number of hydrogen-bond acceptors (Lipinski definition) is 4. The molecule has 2 aromatic heterocycles. The van der Waals surface area contributed by atoms with Crippen molar-refractivity contribution in [1.29, 1.82) is 0 Å². The third kappa shape index (κ3) is 4.03. The molecule has 4 rings (SSSR count). The van der Waals surface area contributed by atoms with E-state index in [4.69, 9.17) is 21.7 Å². The summed E-state index contributed by atoms with van der Waals surface area (Å²) in [5.41, 5.74) is 5.19. The van der Waals surface area contributed by atoms with Crippen molar-refractivity contribution >= 4 is 28.8 Å². The SMILES string of the molecule is Cc1nc(-n2nc(C)c(Cc3ccc(Cl)cc3)c2C)sc1C(=O)N1CCCCC1C. The molecule has 5 nitrogen and oxygen atoms in total. The van der Waals surface area contributed by atoms with Gasteiger partial charge in [-0.05, 0) is 64.7 Å². The Bertz CT molecular complexity index is 1070. The standard InChI is InChI=1S/C23H27ClN4OS/c1-14-7-5-6-12-27(14)22(29)21-16(3)25-23(30-21)28-17(4)20(15(2)26-28)13-18-8-10-19(24)11-9-18/h8-11,14H,5-7,12-13H2,1-4H3. The van der Waals surface area contributed by atoms with Crippen LogP contribution < -0.4 is 0 Å². The van der Waals surface area contributed by atoms with Gasteiger partial charge in [0, 0.05) is 35.3 Å². The maximum absolute atomic E-state index is 13.2. The van der Waals surface area contributed by atoms with Crippen molar-refractivity contribution in [2.45, 2.75) is 59.4 Å². The molecule has 1 aliphatic rings. The molecule has 158 valence electrons. The van der Waals surface area contributed by atoms with E-state index in [-0.39, 0.29) is 11.9 Å². The number of thiazole rings is 1. The molecule has 1 aromatic carbocycles. The van der Waals surface area contributed by atoms with E-state index in [9.17, 15) is 4.79 Å². The number of benzene rings is 1. The summed E-state index contributed by atoms with van der Waals surface area (Å²) < 4.78 is 1.88. The molecule has 1 unspecified atom stereocenters. The molecule has 30 heavy (non-hydrogen) atoms. The van der Waals surface area contributed by atoms with Gasteiger partial charge in [-0.1, -0.05) is 35.1 Å². The third-order valence-corrected chi connectivity index (χ3v) is 7.33. The number of carbonyl (C=O) groups excluding carboxylic acids is 1. The molecular weight excluding hydrogens is 416 g/mol. The molecule has 1 aliphatic heterocycles. The lowest BCUT2D eigenvalue weighted by atomic mass is 10.0. The minimum absolute atomic E-state index is 0.103. The van der Waals surface area contributed by atoms with Gasteiger partial charge in [-0.25, -0.2) is 9.67 Å². The number of carbonyl (C=O) groups is 1. The summed E-state index contributed by atoms with van der Waals surface area (Å²) in [7, 11) is 0. The zero-order chi connectivity index (χ0) is 21.4. The first-order chi connectivity index (χ1) is 14.3. The summed E-state index contributed by atoms with van der Waals surface area (Å²) in [6.45, 7) is 8.98. The highest BCUT2D eigenvalue weighted by atomic mass is 35.5. The molecular formula is C23H27ClN4OS. The Hall–Kier alpha value is -2.18. The number of hydrogen-bond donors (Lipinski definition) is 0. The average molecular weight is 443 g/mol. The Kier molecular flexibility index (Phi) is 5.98. The van der Waals surface area contributed by atoms with Crippen LogP contribution in [0.1, 0.15) is 64.1 Å². The summed E-state index contributed by atoms with van der Waals surface area (Å²) in [6.07, 6.45) is 4.13. The predicted octanol–water partition coefficient (Wildman–Crippen LogP) is 5.51. The number of amides is 1. The van der Waals surface area contributed by atoms with Gasteiger partial charge in [0.05, 0.1) is 11.4 Å². The maximum Gasteiger partial charge on any atom is 0.266 e. The van der Waals surface area contributed by atoms with Gasteiger partial charge in [0.25, 0.3) is 5.91 Å². The molecule has 0 aliphatic carbocycles. The minimum atomic E-state index is 0.103. The first-order valence-corrected chi connectivity index (χ1v) is 11.6.